The van der Waals surface area contributed by atoms with Crippen LogP contribution >= 0.6 is 15.9 Å². The SMILES string of the molecule is Cc1ccc(S(=O)(=O)Nc2ncccc2Br)cc1CN. The minimum absolute atomic E-state index is 0.168. The molecule has 106 valence electrons. The van der Waals surface area contributed by atoms with Crippen LogP contribution in [0, 0.1) is 6.92 Å². The molecule has 0 bridgehead atoms. The Balaban J connectivity index is 2.38. The molecular weight excluding hydrogens is 342 g/mol. The van der Waals surface area contributed by atoms with E-state index in [9.17, 15) is 8.42 Å². The Morgan fingerprint density at radius 3 is 2.75 bits per heavy atom. The van der Waals surface area contributed by atoms with Gasteiger partial charge in [0.05, 0.1) is 9.37 Å². The molecule has 0 saturated heterocycles. The van der Waals surface area contributed by atoms with E-state index in [0.29, 0.717) is 11.0 Å². The third-order valence-electron chi connectivity index (χ3n) is 2.84. The number of hydrogen-bond donors (Lipinski definition) is 2. The summed E-state index contributed by atoms with van der Waals surface area (Å²) in [6.07, 6.45) is 1.52. The van der Waals surface area contributed by atoms with Crippen molar-refractivity contribution in [2.75, 3.05) is 4.72 Å². The molecular formula is C13H14BrN3O2S. The second-order valence-electron chi connectivity index (χ2n) is 4.23. The number of nitrogens with two attached hydrogens (primary N) is 1. The Kier molecular flexibility index (Phi) is 4.42. The quantitative estimate of drug-likeness (QED) is 0.881. The maximum Gasteiger partial charge on any atom is 0.263 e. The molecule has 0 fully saturated rings. The van der Waals surface area contributed by atoms with E-state index in [2.05, 4.69) is 25.6 Å². The zero-order chi connectivity index (χ0) is 14.8. The van der Waals surface area contributed by atoms with Gasteiger partial charge in [-0.2, -0.15) is 0 Å². The lowest BCUT2D eigenvalue weighted by Gasteiger charge is -2.10. The van der Waals surface area contributed by atoms with Gasteiger partial charge >= 0.3 is 0 Å². The molecule has 1 aromatic heterocycles. The largest absolute Gasteiger partial charge is 0.326 e. The smallest absolute Gasteiger partial charge is 0.263 e. The third kappa shape index (κ3) is 3.17. The Bertz CT molecular complexity index is 732. The molecule has 0 spiro atoms. The van der Waals surface area contributed by atoms with Crippen LogP contribution in [0.1, 0.15) is 11.1 Å². The number of rotatable bonds is 4. The molecule has 1 heterocycles. The number of aryl methyl sites for hydroxylation is 1. The Morgan fingerprint density at radius 2 is 2.10 bits per heavy atom. The van der Waals surface area contributed by atoms with Gasteiger partial charge in [0.2, 0.25) is 0 Å². The lowest BCUT2D eigenvalue weighted by atomic mass is 10.1. The number of nitrogens with one attached hydrogen (secondary N) is 1. The van der Waals surface area contributed by atoms with Gasteiger partial charge in [-0.1, -0.05) is 6.07 Å². The molecule has 20 heavy (non-hydrogen) atoms. The highest BCUT2D eigenvalue weighted by molar-refractivity contribution is 9.10. The van der Waals surface area contributed by atoms with Crippen LogP contribution < -0.4 is 10.5 Å². The number of aromatic nitrogens is 1. The maximum absolute atomic E-state index is 12.3. The summed E-state index contributed by atoms with van der Waals surface area (Å²) in [5, 5.41) is 0. The fourth-order valence-electron chi connectivity index (χ4n) is 1.68. The van der Waals surface area contributed by atoms with Crippen LogP contribution in [0.4, 0.5) is 5.82 Å². The first-order valence-electron chi connectivity index (χ1n) is 5.87. The van der Waals surface area contributed by atoms with E-state index in [4.69, 9.17) is 5.73 Å². The highest BCUT2D eigenvalue weighted by atomic mass is 79.9. The minimum Gasteiger partial charge on any atom is -0.326 e. The topological polar surface area (TPSA) is 85.1 Å². The average molecular weight is 356 g/mol. The van der Waals surface area contributed by atoms with Crippen molar-refractivity contribution in [2.24, 2.45) is 5.73 Å². The maximum atomic E-state index is 12.3. The number of halogens is 1. The summed E-state index contributed by atoms with van der Waals surface area (Å²) < 4.78 is 27.7. The summed E-state index contributed by atoms with van der Waals surface area (Å²) in [6.45, 7) is 2.18. The predicted molar refractivity (Wildman–Crippen MR) is 81.8 cm³/mol. The highest BCUT2D eigenvalue weighted by Gasteiger charge is 2.17. The van der Waals surface area contributed by atoms with Crippen LogP contribution in [0.5, 0.6) is 0 Å². The Hall–Kier alpha value is -1.44. The van der Waals surface area contributed by atoms with Crippen molar-refractivity contribution in [3.63, 3.8) is 0 Å². The summed E-state index contributed by atoms with van der Waals surface area (Å²) in [5.41, 5.74) is 7.37. The van der Waals surface area contributed by atoms with E-state index in [1.165, 1.54) is 6.20 Å². The van der Waals surface area contributed by atoms with Crippen LogP contribution in [-0.4, -0.2) is 13.4 Å². The van der Waals surface area contributed by atoms with Gasteiger partial charge in [0.25, 0.3) is 10.0 Å². The average Bonchev–Trinajstić information content (AvgIpc) is 2.41. The van der Waals surface area contributed by atoms with Crippen molar-refractivity contribution < 1.29 is 8.42 Å². The second-order valence-corrected chi connectivity index (χ2v) is 6.77. The van der Waals surface area contributed by atoms with Crippen molar-refractivity contribution >= 4 is 31.8 Å². The molecule has 0 atom stereocenters. The predicted octanol–water partition coefficient (Wildman–Crippen LogP) is 2.41. The van der Waals surface area contributed by atoms with Gasteiger partial charge < -0.3 is 5.73 Å². The minimum atomic E-state index is -3.68. The van der Waals surface area contributed by atoms with Gasteiger partial charge in [-0.3, -0.25) is 4.72 Å². The lowest BCUT2D eigenvalue weighted by molar-refractivity contribution is 0.601. The molecule has 2 aromatic rings. The zero-order valence-corrected chi connectivity index (χ0v) is 13.2. The molecule has 3 N–H and O–H groups in total. The summed E-state index contributed by atoms with van der Waals surface area (Å²) in [6, 6.07) is 8.29. The number of nitrogens with zero attached hydrogens (tertiary/aromatic N) is 1. The number of anilines is 1. The zero-order valence-electron chi connectivity index (χ0n) is 10.8. The van der Waals surface area contributed by atoms with Gasteiger partial charge in [-0.25, -0.2) is 13.4 Å². The van der Waals surface area contributed by atoms with Gasteiger partial charge in [0.1, 0.15) is 0 Å². The van der Waals surface area contributed by atoms with Gasteiger partial charge in [-0.15, -0.1) is 0 Å². The van der Waals surface area contributed by atoms with E-state index < -0.39 is 10.0 Å². The first-order valence-corrected chi connectivity index (χ1v) is 8.14. The fraction of sp³-hybridized carbons (Fsp3) is 0.154. The van der Waals surface area contributed by atoms with E-state index in [1.54, 1.807) is 30.3 Å². The molecule has 0 amide bonds. The highest BCUT2D eigenvalue weighted by Crippen LogP contribution is 2.23. The molecule has 2 rings (SSSR count). The number of benzene rings is 1. The van der Waals surface area contributed by atoms with Gasteiger partial charge in [0.15, 0.2) is 5.82 Å². The van der Waals surface area contributed by atoms with Crippen LogP contribution in [0.2, 0.25) is 0 Å². The molecule has 5 nitrogen and oxygen atoms in total. The third-order valence-corrected chi connectivity index (χ3v) is 4.82. The lowest BCUT2D eigenvalue weighted by Crippen LogP contribution is -2.15. The summed E-state index contributed by atoms with van der Waals surface area (Å²) >= 11 is 3.25. The monoisotopic (exact) mass is 355 g/mol. The number of sulfonamides is 1. The van der Waals surface area contributed by atoms with E-state index in [-0.39, 0.29) is 10.7 Å². The Morgan fingerprint density at radius 1 is 1.35 bits per heavy atom. The van der Waals surface area contributed by atoms with Gasteiger partial charge in [-0.05, 0) is 58.2 Å². The van der Waals surface area contributed by atoms with Crippen molar-refractivity contribution in [1.82, 2.24) is 4.98 Å². The van der Waals surface area contributed by atoms with Crippen molar-refractivity contribution in [2.45, 2.75) is 18.4 Å². The molecule has 0 unspecified atom stereocenters. The first-order chi connectivity index (χ1) is 9.44. The molecule has 7 heteroatoms. The molecule has 0 radical (unpaired) electrons. The van der Waals surface area contributed by atoms with E-state index >= 15 is 0 Å². The van der Waals surface area contributed by atoms with Crippen molar-refractivity contribution in [1.29, 1.82) is 0 Å². The number of hydrogen-bond acceptors (Lipinski definition) is 4. The normalized spacial score (nSPS) is 11.3. The summed E-state index contributed by atoms with van der Waals surface area (Å²) in [7, 11) is -3.68. The second kappa shape index (κ2) is 5.90. The molecule has 0 aliphatic heterocycles. The van der Waals surface area contributed by atoms with Crippen molar-refractivity contribution in [3.8, 4) is 0 Å². The molecule has 0 aliphatic carbocycles. The summed E-state index contributed by atoms with van der Waals surface area (Å²) in [4.78, 5) is 4.15. The van der Waals surface area contributed by atoms with Gasteiger partial charge in [0, 0.05) is 12.7 Å². The standard InChI is InChI=1S/C13H14BrN3O2S/c1-9-4-5-11(7-10(9)8-15)20(18,19)17-13-12(14)3-2-6-16-13/h2-7H,8,15H2,1H3,(H,16,17). The van der Waals surface area contributed by atoms with Crippen LogP contribution in [-0.2, 0) is 16.6 Å². The van der Waals surface area contributed by atoms with E-state index in [0.717, 1.165) is 11.1 Å². The Labute approximate surface area is 126 Å². The van der Waals surface area contributed by atoms with Crippen LogP contribution in [0.25, 0.3) is 0 Å². The van der Waals surface area contributed by atoms with Crippen molar-refractivity contribution in [3.05, 3.63) is 52.1 Å². The first kappa shape index (κ1) is 15.0. The molecule has 0 aliphatic rings. The number of pyridine rings is 1. The molecule has 1 aromatic carbocycles. The fourth-order valence-corrected chi connectivity index (χ4v) is 3.25. The molecule has 0 saturated carbocycles. The van der Waals surface area contributed by atoms with Crippen LogP contribution in [0.15, 0.2) is 45.9 Å². The van der Waals surface area contributed by atoms with E-state index in [1.807, 2.05) is 6.92 Å². The van der Waals surface area contributed by atoms with Crippen LogP contribution in [0.3, 0.4) is 0 Å². The summed E-state index contributed by atoms with van der Waals surface area (Å²) in [5.74, 6) is 0.252.